The number of esters is 1. The number of ether oxygens (including phenoxy) is 3. The van der Waals surface area contributed by atoms with Crippen molar-refractivity contribution in [1.82, 2.24) is 0 Å². The van der Waals surface area contributed by atoms with E-state index in [2.05, 4.69) is 0 Å². The molecule has 0 aliphatic rings. The molecule has 0 aliphatic heterocycles. The second kappa shape index (κ2) is 13.0. The van der Waals surface area contributed by atoms with Gasteiger partial charge in [-0.2, -0.15) is 0 Å². The topological polar surface area (TPSA) is 108 Å². The van der Waals surface area contributed by atoms with Crippen molar-refractivity contribution < 1.29 is 28.7 Å². The summed E-state index contributed by atoms with van der Waals surface area (Å²) in [6.07, 6.45) is 4.57. The Labute approximate surface area is 192 Å². The van der Waals surface area contributed by atoms with Crippen LogP contribution in [0.25, 0.3) is 0 Å². The number of hydrogen-bond donors (Lipinski definition) is 0. The number of amides is 1. The van der Waals surface area contributed by atoms with Gasteiger partial charge in [-0.25, -0.2) is 4.79 Å². The van der Waals surface area contributed by atoms with Gasteiger partial charge in [-0.05, 0) is 31.9 Å². The third kappa shape index (κ3) is 7.43. The second-order valence-electron chi connectivity index (χ2n) is 6.99. The number of nitro benzene ring substituents is 1. The number of para-hydroxylation sites is 1. The van der Waals surface area contributed by atoms with E-state index in [1.807, 2.05) is 18.2 Å². The Morgan fingerprint density at radius 2 is 1.94 bits per heavy atom. The first-order valence-corrected chi connectivity index (χ1v) is 10.5. The number of carbonyl (C=O) groups excluding carboxylic acids is 2. The summed E-state index contributed by atoms with van der Waals surface area (Å²) in [5, 5.41) is 11.1. The van der Waals surface area contributed by atoms with Crippen LogP contribution in [-0.4, -0.2) is 44.2 Å². The molecule has 9 heteroatoms. The van der Waals surface area contributed by atoms with Crippen LogP contribution in [0.5, 0.6) is 5.75 Å². The van der Waals surface area contributed by atoms with E-state index in [4.69, 9.17) is 14.2 Å². The van der Waals surface area contributed by atoms with E-state index in [0.29, 0.717) is 31.9 Å². The lowest BCUT2D eigenvalue weighted by molar-refractivity contribution is -0.385. The van der Waals surface area contributed by atoms with Crippen molar-refractivity contribution in [1.29, 1.82) is 0 Å². The first-order chi connectivity index (χ1) is 15.9. The second-order valence-corrected chi connectivity index (χ2v) is 6.99. The van der Waals surface area contributed by atoms with E-state index in [0.717, 1.165) is 12.0 Å². The van der Waals surface area contributed by atoms with Crippen LogP contribution in [0.4, 0.5) is 11.4 Å². The van der Waals surface area contributed by atoms with Gasteiger partial charge in [0.2, 0.25) is 0 Å². The molecular formula is C24H28N2O7. The molecule has 0 aliphatic carbocycles. The minimum Gasteiger partial charge on any atom is -0.490 e. The van der Waals surface area contributed by atoms with Crippen LogP contribution in [0.15, 0.2) is 54.6 Å². The van der Waals surface area contributed by atoms with Crippen molar-refractivity contribution in [3.63, 3.8) is 0 Å². The summed E-state index contributed by atoms with van der Waals surface area (Å²) in [6, 6.07) is 11.4. The maximum atomic E-state index is 13.0. The third-order valence-corrected chi connectivity index (χ3v) is 4.74. The van der Waals surface area contributed by atoms with Gasteiger partial charge in [0.25, 0.3) is 5.91 Å². The number of nitrogens with zero attached hydrogens (tertiary/aromatic N) is 2. The highest BCUT2D eigenvalue weighted by molar-refractivity contribution is 6.06. The van der Waals surface area contributed by atoms with Gasteiger partial charge in [0.1, 0.15) is 0 Å². The highest BCUT2D eigenvalue weighted by Gasteiger charge is 2.21. The molecule has 0 atom stereocenters. The number of methoxy groups -OCH3 is 1. The minimum absolute atomic E-state index is 0.0212. The van der Waals surface area contributed by atoms with E-state index >= 15 is 0 Å². The average Bonchev–Trinajstić information content (AvgIpc) is 2.82. The zero-order chi connectivity index (χ0) is 24.2. The van der Waals surface area contributed by atoms with Crippen LogP contribution >= 0.6 is 0 Å². The average molecular weight is 456 g/mol. The molecule has 0 aromatic heterocycles. The number of allylic oxidation sites excluding steroid dienone is 1. The Bertz CT molecular complexity index is 1000. The monoisotopic (exact) mass is 456 g/mol. The normalized spacial score (nSPS) is 10.8. The fraction of sp³-hybridized carbons (Fsp3) is 0.333. The summed E-state index contributed by atoms with van der Waals surface area (Å²) in [5.41, 5.74) is 1.55. The van der Waals surface area contributed by atoms with Crippen LogP contribution < -0.4 is 9.64 Å². The van der Waals surface area contributed by atoms with Crippen molar-refractivity contribution in [2.75, 3.05) is 32.3 Å². The van der Waals surface area contributed by atoms with Gasteiger partial charge >= 0.3 is 11.7 Å². The van der Waals surface area contributed by atoms with E-state index in [-0.39, 0.29) is 28.9 Å². The summed E-state index contributed by atoms with van der Waals surface area (Å²) in [7, 11) is 2.95. The molecule has 0 spiro atoms. The van der Waals surface area contributed by atoms with Crippen LogP contribution in [-0.2, 0) is 20.9 Å². The van der Waals surface area contributed by atoms with Crippen molar-refractivity contribution in [3.05, 3.63) is 75.9 Å². The Morgan fingerprint density at radius 1 is 1.18 bits per heavy atom. The quantitative estimate of drug-likeness (QED) is 0.154. The Morgan fingerprint density at radius 3 is 2.64 bits per heavy atom. The molecule has 0 unspecified atom stereocenters. The highest BCUT2D eigenvalue weighted by atomic mass is 16.6. The molecule has 9 nitrogen and oxygen atoms in total. The third-order valence-electron chi connectivity index (χ3n) is 4.74. The number of nitro groups is 1. The largest absolute Gasteiger partial charge is 0.490 e. The van der Waals surface area contributed by atoms with Gasteiger partial charge in [0.15, 0.2) is 5.75 Å². The van der Waals surface area contributed by atoms with E-state index in [9.17, 15) is 19.7 Å². The van der Waals surface area contributed by atoms with Crippen molar-refractivity contribution >= 4 is 23.3 Å². The molecule has 0 heterocycles. The summed E-state index contributed by atoms with van der Waals surface area (Å²) in [6.45, 7) is 2.89. The van der Waals surface area contributed by atoms with Crippen LogP contribution in [0.3, 0.4) is 0 Å². The van der Waals surface area contributed by atoms with Crippen molar-refractivity contribution in [3.8, 4) is 5.75 Å². The van der Waals surface area contributed by atoms with Crippen LogP contribution in [0.2, 0.25) is 0 Å². The molecule has 176 valence electrons. The van der Waals surface area contributed by atoms with Crippen molar-refractivity contribution in [2.24, 2.45) is 0 Å². The first-order valence-electron chi connectivity index (χ1n) is 10.5. The van der Waals surface area contributed by atoms with Gasteiger partial charge in [0.05, 0.1) is 25.2 Å². The predicted octanol–water partition coefficient (Wildman–Crippen LogP) is 4.30. The van der Waals surface area contributed by atoms with Gasteiger partial charge in [-0.3, -0.25) is 14.9 Å². The zero-order valence-corrected chi connectivity index (χ0v) is 19.0. The summed E-state index contributed by atoms with van der Waals surface area (Å²) in [5.74, 6) is -0.668. The SMILES string of the molecule is CCOC(=O)/C=C/CCCOCc1ccccc1N(C)C(=O)c1ccc([N+](=O)[O-])c(OC)c1. The molecule has 0 N–H and O–H groups in total. The molecule has 2 aromatic carbocycles. The number of rotatable bonds is 12. The fourth-order valence-corrected chi connectivity index (χ4v) is 3.08. The number of anilines is 1. The van der Waals surface area contributed by atoms with Crippen molar-refractivity contribution in [2.45, 2.75) is 26.4 Å². The molecular weight excluding hydrogens is 428 g/mol. The fourth-order valence-electron chi connectivity index (χ4n) is 3.08. The molecule has 0 saturated carbocycles. The zero-order valence-electron chi connectivity index (χ0n) is 19.0. The molecule has 0 fully saturated rings. The lowest BCUT2D eigenvalue weighted by atomic mass is 10.1. The maximum absolute atomic E-state index is 13.0. The van der Waals surface area contributed by atoms with Gasteiger partial charge in [-0.1, -0.05) is 24.3 Å². The van der Waals surface area contributed by atoms with Gasteiger partial charge in [-0.15, -0.1) is 0 Å². The number of unbranched alkanes of at least 4 members (excludes halogenated alkanes) is 1. The predicted molar refractivity (Wildman–Crippen MR) is 123 cm³/mol. The smallest absolute Gasteiger partial charge is 0.330 e. The minimum atomic E-state index is -0.559. The Hall–Kier alpha value is -3.72. The maximum Gasteiger partial charge on any atom is 0.330 e. The van der Waals surface area contributed by atoms with Gasteiger partial charge < -0.3 is 19.1 Å². The molecule has 1 amide bonds. The van der Waals surface area contributed by atoms with Crippen LogP contribution in [0, 0.1) is 10.1 Å². The number of benzene rings is 2. The number of carbonyl (C=O) groups is 2. The van der Waals surface area contributed by atoms with Gasteiger partial charge in [0, 0.05) is 48.7 Å². The van der Waals surface area contributed by atoms with E-state index in [1.165, 1.54) is 36.3 Å². The Kier molecular flexibility index (Phi) is 10.0. The van der Waals surface area contributed by atoms with E-state index in [1.54, 1.807) is 26.1 Å². The molecule has 0 saturated heterocycles. The summed E-state index contributed by atoms with van der Waals surface area (Å²) >= 11 is 0. The Balaban J connectivity index is 1.99. The summed E-state index contributed by atoms with van der Waals surface area (Å²) in [4.78, 5) is 36.3. The number of hydrogen-bond acceptors (Lipinski definition) is 7. The first kappa shape index (κ1) is 25.5. The van der Waals surface area contributed by atoms with E-state index < -0.39 is 4.92 Å². The molecule has 33 heavy (non-hydrogen) atoms. The molecule has 2 aromatic rings. The standard InChI is InChI=1S/C24H28N2O7/c1-4-33-23(27)12-6-5-9-15-32-17-19-10-7-8-11-20(19)25(2)24(28)18-13-14-21(26(29)30)22(16-18)31-3/h6-8,10-14,16H,4-5,9,15,17H2,1-3H3/b12-6+. The highest BCUT2D eigenvalue weighted by Crippen LogP contribution is 2.29. The van der Waals surface area contributed by atoms with Crippen LogP contribution in [0.1, 0.15) is 35.7 Å². The molecule has 2 rings (SSSR count). The molecule has 0 radical (unpaired) electrons. The molecule has 0 bridgehead atoms. The lowest BCUT2D eigenvalue weighted by Crippen LogP contribution is -2.27. The lowest BCUT2D eigenvalue weighted by Gasteiger charge is -2.21. The summed E-state index contributed by atoms with van der Waals surface area (Å²) < 4.78 is 15.6.